The third kappa shape index (κ3) is 5.03. The molecule has 10 aromatic rings. The molecule has 0 aliphatic rings. The molecule has 0 atom stereocenters. The van der Waals surface area contributed by atoms with E-state index in [1.54, 1.807) is 0 Å². The highest BCUT2D eigenvalue weighted by Crippen LogP contribution is 2.41. The van der Waals surface area contributed by atoms with Crippen molar-refractivity contribution in [2.75, 3.05) is 0 Å². The summed E-state index contributed by atoms with van der Waals surface area (Å²) in [5.41, 5.74) is 9.32. The molecule has 0 bridgehead atoms. The summed E-state index contributed by atoms with van der Waals surface area (Å²) >= 11 is 0. The summed E-state index contributed by atoms with van der Waals surface area (Å²) in [5.74, 6) is 1.84. The van der Waals surface area contributed by atoms with Crippen molar-refractivity contribution in [3.8, 4) is 56.5 Å². The van der Waals surface area contributed by atoms with E-state index in [0.29, 0.717) is 17.5 Å². The monoisotopic (exact) mass is 652 g/mol. The van der Waals surface area contributed by atoms with Crippen molar-refractivity contribution in [2.24, 2.45) is 0 Å². The maximum absolute atomic E-state index is 6.62. The zero-order chi connectivity index (χ0) is 33.7. The SMILES string of the molecule is c1ccc(-c2nc(-c3ccccc3)nc(-c3cccc(-c4nc5cc(-c6cccc7ccccc67)ccc5c5oc6ccccc6c45)c3)n2)cc1. The van der Waals surface area contributed by atoms with Gasteiger partial charge in [0.1, 0.15) is 11.2 Å². The van der Waals surface area contributed by atoms with Crippen molar-refractivity contribution in [1.29, 1.82) is 0 Å². The van der Waals surface area contributed by atoms with Crippen LogP contribution in [0.4, 0.5) is 0 Å². The van der Waals surface area contributed by atoms with Gasteiger partial charge in [0.2, 0.25) is 0 Å². The van der Waals surface area contributed by atoms with Gasteiger partial charge in [0.05, 0.1) is 16.6 Å². The lowest BCUT2D eigenvalue weighted by molar-refractivity contribution is 0.672. The molecule has 10 rings (SSSR count). The number of nitrogens with zero attached hydrogens (tertiary/aromatic N) is 4. The molecule has 0 aliphatic carbocycles. The molecule has 0 saturated heterocycles. The summed E-state index contributed by atoms with van der Waals surface area (Å²) in [4.78, 5) is 20.3. The smallest absolute Gasteiger partial charge is 0.164 e. The topological polar surface area (TPSA) is 64.7 Å². The van der Waals surface area contributed by atoms with Gasteiger partial charge in [-0.25, -0.2) is 19.9 Å². The van der Waals surface area contributed by atoms with Crippen LogP contribution in [0.2, 0.25) is 0 Å². The maximum Gasteiger partial charge on any atom is 0.164 e. The summed E-state index contributed by atoms with van der Waals surface area (Å²) in [7, 11) is 0. The predicted octanol–water partition coefficient (Wildman–Crippen LogP) is 11.8. The number of para-hydroxylation sites is 1. The van der Waals surface area contributed by atoms with Crippen LogP contribution < -0.4 is 0 Å². The maximum atomic E-state index is 6.62. The van der Waals surface area contributed by atoms with E-state index in [0.717, 1.165) is 66.4 Å². The second-order valence-corrected chi connectivity index (χ2v) is 12.6. The second-order valence-electron chi connectivity index (χ2n) is 12.6. The first-order valence-electron chi connectivity index (χ1n) is 17.0. The molecule has 3 heterocycles. The molecule has 5 nitrogen and oxygen atoms in total. The molecular weight excluding hydrogens is 625 g/mol. The lowest BCUT2D eigenvalue weighted by Gasteiger charge is -2.12. The van der Waals surface area contributed by atoms with Crippen molar-refractivity contribution in [3.63, 3.8) is 0 Å². The van der Waals surface area contributed by atoms with Crippen LogP contribution in [0.25, 0.3) is 100 Å². The molecule has 7 aromatic carbocycles. The Labute approximate surface area is 293 Å². The Morgan fingerprint density at radius 3 is 1.73 bits per heavy atom. The van der Waals surface area contributed by atoms with Crippen molar-refractivity contribution < 1.29 is 4.42 Å². The molecule has 0 aliphatic heterocycles. The van der Waals surface area contributed by atoms with E-state index in [4.69, 9.17) is 24.4 Å². The number of furan rings is 1. The number of aromatic nitrogens is 4. The van der Waals surface area contributed by atoms with E-state index in [1.807, 2.05) is 91.0 Å². The van der Waals surface area contributed by atoms with Gasteiger partial charge < -0.3 is 4.42 Å². The lowest BCUT2D eigenvalue weighted by atomic mass is 9.96. The summed E-state index contributed by atoms with van der Waals surface area (Å²) < 4.78 is 6.62. The molecular formula is C46H28N4O. The molecule has 0 saturated carbocycles. The van der Waals surface area contributed by atoms with Crippen LogP contribution in [0.1, 0.15) is 0 Å². The van der Waals surface area contributed by atoms with Crippen molar-refractivity contribution in [1.82, 2.24) is 19.9 Å². The van der Waals surface area contributed by atoms with Gasteiger partial charge in [-0.3, -0.25) is 0 Å². The van der Waals surface area contributed by atoms with E-state index in [9.17, 15) is 0 Å². The van der Waals surface area contributed by atoms with Gasteiger partial charge in [-0.05, 0) is 46.2 Å². The predicted molar refractivity (Wildman–Crippen MR) is 207 cm³/mol. The average Bonchev–Trinajstić information content (AvgIpc) is 3.61. The zero-order valence-electron chi connectivity index (χ0n) is 27.4. The normalized spacial score (nSPS) is 11.5. The van der Waals surface area contributed by atoms with Crippen molar-refractivity contribution >= 4 is 43.6 Å². The Hall–Kier alpha value is -6.98. The molecule has 0 unspecified atom stereocenters. The van der Waals surface area contributed by atoms with Gasteiger partial charge in [-0.15, -0.1) is 0 Å². The highest BCUT2D eigenvalue weighted by Gasteiger charge is 2.20. The highest BCUT2D eigenvalue weighted by atomic mass is 16.3. The third-order valence-corrected chi connectivity index (χ3v) is 9.50. The van der Waals surface area contributed by atoms with Crippen LogP contribution in [0.5, 0.6) is 0 Å². The minimum absolute atomic E-state index is 0.594. The Balaban J connectivity index is 1.19. The summed E-state index contributed by atoms with van der Waals surface area (Å²) in [5, 5.41) is 5.40. The number of pyridine rings is 1. The van der Waals surface area contributed by atoms with E-state index >= 15 is 0 Å². The van der Waals surface area contributed by atoms with Crippen LogP contribution in [-0.4, -0.2) is 19.9 Å². The van der Waals surface area contributed by atoms with Gasteiger partial charge >= 0.3 is 0 Å². The standard InChI is InChI=1S/C46H28N4O/c1-3-14-30(15-4-1)44-48-45(31-16-5-2-6-17-31)50-46(49-44)34-20-11-19-33(27-34)42-41-38-22-9-10-24-40(38)51-43(41)37-26-25-32(28-39(37)47-42)36-23-12-18-29-13-7-8-21-35(29)36/h1-28H. The first-order valence-corrected chi connectivity index (χ1v) is 17.0. The molecule has 0 fully saturated rings. The Morgan fingerprint density at radius 2 is 0.961 bits per heavy atom. The van der Waals surface area contributed by atoms with Crippen molar-refractivity contribution in [3.05, 3.63) is 170 Å². The fourth-order valence-corrected chi connectivity index (χ4v) is 7.06. The van der Waals surface area contributed by atoms with Gasteiger partial charge in [0.15, 0.2) is 17.5 Å². The largest absolute Gasteiger partial charge is 0.455 e. The average molecular weight is 653 g/mol. The van der Waals surface area contributed by atoms with Crippen LogP contribution in [-0.2, 0) is 0 Å². The fraction of sp³-hybridized carbons (Fsp3) is 0. The molecule has 238 valence electrons. The van der Waals surface area contributed by atoms with Gasteiger partial charge in [-0.1, -0.05) is 146 Å². The molecule has 0 spiro atoms. The second kappa shape index (κ2) is 11.9. The molecule has 0 N–H and O–H groups in total. The van der Waals surface area contributed by atoms with Crippen LogP contribution in [0.15, 0.2) is 174 Å². The Bertz CT molecular complexity index is 2850. The fourth-order valence-electron chi connectivity index (χ4n) is 7.06. The molecule has 3 aromatic heterocycles. The third-order valence-electron chi connectivity index (χ3n) is 9.50. The first kappa shape index (κ1) is 29.0. The Morgan fingerprint density at radius 1 is 0.373 bits per heavy atom. The zero-order valence-corrected chi connectivity index (χ0v) is 27.4. The molecule has 0 radical (unpaired) electrons. The van der Waals surface area contributed by atoms with Crippen LogP contribution >= 0.6 is 0 Å². The lowest BCUT2D eigenvalue weighted by Crippen LogP contribution is -2.00. The van der Waals surface area contributed by atoms with E-state index in [1.165, 1.54) is 16.3 Å². The number of benzene rings is 7. The van der Waals surface area contributed by atoms with Crippen molar-refractivity contribution in [2.45, 2.75) is 0 Å². The van der Waals surface area contributed by atoms with Gasteiger partial charge in [-0.2, -0.15) is 0 Å². The van der Waals surface area contributed by atoms with Crippen LogP contribution in [0, 0.1) is 0 Å². The Kier molecular flexibility index (Phi) is 6.74. The minimum atomic E-state index is 0.594. The number of fused-ring (bicyclic) bond motifs is 6. The summed E-state index contributed by atoms with van der Waals surface area (Å²) in [6, 6.07) is 58.0. The van der Waals surface area contributed by atoms with E-state index < -0.39 is 0 Å². The molecule has 0 amide bonds. The van der Waals surface area contributed by atoms with E-state index in [-0.39, 0.29) is 0 Å². The van der Waals surface area contributed by atoms with Gasteiger partial charge in [0.25, 0.3) is 0 Å². The highest BCUT2D eigenvalue weighted by molar-refractivity contribution is 6.19. The first-order chi connectivity index (χ1) is 25.3. The number of hydrogen-bond acceptors (Lipinski definition) is 5. The number of rotatable bonds is 5. The van der Waals surface area contributed by atoms with E-state index in [2.05, 4.69) is 78.9 Å². The quantitative estimate of drug-likeness (QED) is 0.185. The summed E-state index contributed by atoms with van der Waals surface area (Å²) in [6.45, 7) is 0. The van der Waals surface area contributed by atoms with Crippen LogP contribution in [0.3, 0.4) is 0 Å². The number of hydrogen-bond donors (Lipinski definition) is 0. The molecule has 5 heteroatoms. The molecule has 51 heavy (non-hydrogen) atoms. The summed E-state index contributed by atoms with van der Waals surface area (Å²) in [6.07, 6.45) is 0. The minimum Gasteiger partial charge on any atom is -0.455 e. The van der Waals surface area contributed by atoms with Gasteiger partial charge in [0, 0.05) is 33.0 Å².